The minimum atomic E-state index is -0.748. The summed E-state index contributed by atoms with van der Waals surface area (Å²) < 4.78 is 6.86. The second kappa shape index (κ2) is 7.68. The molecule has 4 nitrogen and oxygen atoms in total. The second-order valence-corrected chi connectivity index (χ2v) is 8.24. The maximum absolute atomic E-state index is 11.7. The number of ether oxygens (including phenoxy) is 1. The van der Waals surface area contributed by atoms with Crippen molar-refractivity contribution in [3.8, 4) is 5.75 Å². The molecule has 2 atom stereocenters. The van der Waals surface area contributed by atoms with Crippen molar-refractivity contribution < 1.29 is 14.6 Å². The highest BCUT2D eigenvalue weighted by atomic mass is 79.9. The largest absolute Gasteiger partial charge is 0.494 e. The van der Waals surface area contributed by atoms with Crippen LogP contribution in [-0.4, -0.2) is 35.2 Å². The van der Waals surface area contributed by atoms with E-state index in [4.69, 9.17) is 4.74 Å². The molecule has 1 aromatic carbocycles. The van der Waals surface area contributed by atoms with Crippen LogP contribution in [0.3, 0.4) is 0 Å². The quantitative estimate of drug-likeness (QED) is 0.759. The lowest BCUT2D eigenvalue weighted by molar-refractivity contribution is -0.142. The molecule has 1 N–H and O–H groups in total. The summed E-state index contributed by atoms with van der Waals surface area (Å²) in [6.07, 6.45) is 1.59. The normalized spacial score (nSPS) is 19.3. The van der Waals surface area contributed by atoms with Crippen LogP contribution in [-0.2, 0) is 4.79 Å². The SMILES string of the molecule is CCOc1ccccc1C(c1ccc(Br)s1)N1CCCC1C(=O)O. The zero-order chi connectivity index (χ0) is 17.1. The van der Waals surface area contributed by atoms with Gasteiger partial charge in [0, 0.05) is 17.0 Å². The van der Waals surface area contributed by atoms with Gasteiger partial charge in [-0.05, 0) is 53.9 Å². The van der Waals surface area contributed by atoms with Gasteiger partial charge in [-0.1, -0.05) is 18.2 Å². The molecule has 1 aromatic heterocycles. The molecule has 24 heavy (non-hydrogen) atoms. The Morgan fingerprint density at radius 1 is 1.42 bits per heavy atom. The predicted octanol–water partition coefficient (Wildman–Crippen LogP) is 4.55. The van der Waals surface area contributed by atoms with Gasteiger partial charge in [-0.25, -0.2) is 0 Å². The molecule has 1 saturated heterocycles. The van der Waals surface area contributed by atoms with Crippen molar-refractivity contribution in [2.45, 2.75) is 31.8 Å². The smallest absolute Gasteiger partial charge is 0.320 e. The van der Waals surface area contributed by atoms with Gasteiger partial charge in [0.2, 0.25) is 0 Å². The highest BCUT2D eigenvalue weighted by Crippen LogP contribution is 2.42. The number of hydrogen-bond donors (Lipinski definition) is 1. The molecule has 3 rings (SSSR count). The molecule has 0 saturated carbocycles. The summed E-state index contributed by atoms with van der Waals surface area (Å²) in [4.78, 5) is 14.9. The Hall–Kier alpha value is -1.37. The van der Waals surface area contributed by atoms with E-state index in [1.54, 1.807) is 11.3 Å². The average Bonchev–Trinajstić information content (AvgIpc) is 3.19. The molecule has 2 aromatic rings. The Morgan fingerprint density at radius 3 is 2.88 bits per heavy atom. The molecule has 0 radical (unpaired) electrons. The van der Waals surface area contributed by atoms with E-state index in [-0.39, 0.29) is 6.04 Å². The third-order valence-electron chi connectivity index (χ3n) is 4.29. The molecule has 128 valence electrons. The lowest BCUT2D eigenvalue weighted by Crippen LogP contribution is -2.39. The molecule has 2 heterocycles. The Labute approximate surface area is 154 Å². The van der Waals surface area contributed by atoms with E-state index in [0.29, 0.717) is 13.0 Å². The summed E-state index contributed by atoms with van der Waals surface area (Å²) in [5.74, 6) is 0.0765. The van der Waals surface area contributed by atoms with Crippen molar-refractivity contribution in [2.24, 2.45) is 0 Å². The number of nitrogens with zero attached hydrogens (tertiary/aromatic N) is 1. The molecule has 6 heteroatoms. The number of para-hydroxylation sites is 1. The van der Waals surface area contributed by atoms with Crippen LogP contribution in [0.25, 0.3) is 0 Å². The summed E-state index contributed by atoms with van der Waals surface area (Å²) in [5.41, 5.74) is 1.03. The molecule has 0 spiro atoms. The molecule has 1 aliphatic rings. The van der Waals surface area contributed by atoms with E-state index in [1.165, 1.54) is 0 Å². The van der Waals surface area contributed by atoms with E-state index in [0.717, 1.165) is 32.9 Å². The van der Waals surface area contributed by atoms with Gasteiger partial charge in [0.15, 0.2) is 0 Å². The van der Waals surface area contributed by atoms with E-state index in [9.17, 15) is 9.90 Å². The summed E-state index contributed by atoms with van der Waals surface area (Å²) in [6.45, 7) is 3.32. The van der Waals surface area contributed by atoms with E-state index in [1.807, 2.05) is 37.3 Å². The summed E-state index contributed by atoms with van der Waals surface area (Å²) in [7, 11) is 0. The predicted molar refractivity (Wildman–Crippen MR) is 98.8 cm³/mol. The number of halogens is 1. The standard InChI is InChI=1S/C18H20BrNO3S/c1-2-23-14-8-4-3-6-12(14)17(15-9-10-16(19)24-15)20-11-5-7-13(20)18(21)22/h3-4,6,8-10,13,17H,2,5,7,11H2,1H3,(H,21,22). The zero-order valence-electron chi connectivity index (χ0n) is 13.4. The Kier molecular flexibility index (Phi) is 5.58. The number of carbonyl (C=O) groups is 1. The van der Waals surface area contributed by atoms with Crippen LogP contribution in [0.2, 0.25) is 0 Å². The van der Waals surface area contributed by atoms with Crippen molar-refractivity contribution in [1.82, 2.24) is 4.90 Å². The fourth-order valence-corrected chi connectivity index (χ4v) is 4.89. The lowest BCUT2D eigenvalue weighted by Gasteiger charge is -2.31. The number of carboxylic acid groups (broad SMARTS) is 1. The molecule has 0 aliphatic carbocycles. The van der Waals surface area contributed by atoms with Crippen LogP contribution in [0.4, 0.5) is 0 Å². The highest BCUT2D eigenvalue weighted by Gasteiger charge is 2.38. The van der Waals surface area contributed by atoms with Gasteiger partial charge in [0.25, 0.3) is 0 Å². The molecule has 0 amide bonds. The molecule has 2 unspecified atom stereocenters. The fourth-order valence-electron chi connectivity index (χ4n) is 3.33. The molecular formula is C18H20BrNO3S. The van der Waals surface area contributed by atoms with Gasteiger partial charge < -0.3 is 9.84 Å². The molecular weight excluding hydrogens is 390 g/mol. The molecule has 1 fully saturated rings. The monoisotopic (exact) mass is 409 g/mol. The van der Waals surface area contributed by atoms with Crippen LogP contribution in [0.15, 0.2) is 40.2 Å². The van der Waals surface area contributed by atoms with E-state index < -0.39 is 12.0 Å². The van der Waals surface area contributed by atoms with Crippen LogP contribution < -0.4 is 4.74 Å². The maximum atomic E-state index is 11.7. The number of carboxylic acids is 1. The van der Waals surface area contributed by atoms with Gasteiger partial charge in [-0.3, -0.25) is 9.69 Å². The van der Waals surface area contributed by atoms with Gasteiger partial charge in [0.1, 0.15) is 11.8 Å². The minimum Gasteiger partial charge on any atom is -0.494 e. The first-order valence-corrected chi connectivity index (χ1v) is 9.68. The van der Waals surface area contributed by atoms with Crippen molar-refractivity contribution in [3.05, 3.63) is 50.6 Å². The van der Waals surface area contributed by atoms with Crippen molar-refractivity contribution in [1.29, 1.82) is 0 Å². The lowest BCUT2D eigenvalue weighted by atomic mass is 10.0. The van der Waals surface area contributed by atoms with Crippen molar-refractivity contribution in [2.75, 3.05) is 13.2 Å². The average molecular weight is 410 g/mol. The first-order valence-electron chi connectivity index (χ1n) is 8.07. The summed E-state index contributed by atoms with van der Waals surface area (Å²) in [6, 6.07) is 11.5. The van der Waals surface area contributed by atoms with Crippen LogP contribution >= 0.6 is 27.3 Å². The third kappa shape index (κ3) is 3.50. The first-order chi connectivity index (χ1) is 11.6. The van der Waals surface area contributed by atoms with Crippen LogP contribution in [0.5, 0.6) is 5.75 Å². The fraction of sp³-hybridized carbons (Fsp3) is 0.389. The maximum Gasteiger partial charge on any atom is 0.320 e. The minimum absolute atomic E-state index is 0.104. The molecule has 1 aliphatic heterocycles. The van der Waals surface area contributed by atoms with E-state index in [2.05, 4.69) is 26.9 Å². The Balaban J connectivity index is 2.08. The zero-order valence-corrected chi connectivity index (χ0v) is 15.8. The number of benzene rings is 1. The van der Waals surface area contributed by atoms with Crippen molar-refractivity contribution >= 4 is 33.2 Å². The number of rotatable bonds is 6. The number of thiophene rings is 1. The summed E-state index contributed by atoms with van der Waals surface area (Å²) in [5, 5.41) is 9.63. The second-order valence-electron chi connectivity index (χ2n) is 5.75. The summed E-state index contributed by atoms with van der Waals surface area (Å²) >= 11 is 5.17. The first kappa shape index (κ1) is 17.5. The van der Waals surface area contributed by atoms with Gasteiger partial charge in [-0.15, -0.1) is 11.3 Å². The van der Waals surface area contributed by atoms with Gasteiger partial charge in [-0.2, -0.15) is 0 Å². The highest BCUT2D eigenvalue weighted by molar-refractivity contribution is 9.11. The van der Waals surface area contributed by atoms with Crippen LogP contribution in [0, 0.1) is 0 Å². The van der Waals surface area contributed by atoms with Crippen LogP contribution in [0.1, 0.15) is 36.2 Å². The van der Waals surface area contributed by atoms with Gasteiger partial charge >= 0.3 is 5.97 Å². The Bertz CT molecular complexity index is 718. The molecule has 0 bridgehead atoms. The number of likely N-dealkylation sites (tertiary alicyclic amines) is 1. The van der Waals surface area contributed by atoms with E-state index >= 15 is 0 Å². The van der Waals surface area contributed by atoms with Gasteiger partial charge in [0.05, 0.1) is 16.4 Å². The Morgan fingerprint density at radius 2 is 2.21 bits per heavy atom. The number of aliphatic carboxylic acids is 1. The third-order valence-corrected chi connectivity index (χ3v) is 5.96. The number of hydrogen-bond acceptors (Lipinski definition) is 4. The van der Waals surface area contributed by atoms with Crippen molar-refractivity contribution in [3.63, 3.8) is 0 Å². The topological polar surface area (TPSA) is 49.8 Å².